The van der Waals surface area contributed by atoms with Crippen molar-refractivity contribution in [1.82, 2.24) is 19.5 Å². The Balaban J connectivity index is 1.63. The van der Waals surface area contributed by atoms with Gasteiger partial charge in [-0.05, 0) is 48.9 Å². The van der Waals surface area contributed by atoms with Crippen molar-refractivity contribution in [1.29, 1.82) is 0 Å². The van der Waals surface area contributed by atoms with Gasteiger partial charge in [0.25, 0.3) is 5.56 Å². The number of nitrogens with one attached hydrogen (secondary N) is 2. The van der Waals surface area contributed by atoms with Gasteiger partial charge in [-0.3, -0.25) is 14.6 Å². The highest BCUT2D eigenvalue weighted by molar-refractivity contribution is 7.89. The molecular weight excluding hydrogens is 418 g/mol. The lowest BCUT2D eigenvalue weighted by atomic mass is 10.2. The molecule has 0 atom stereocenters. The number of benzene rings is 1. The maximum Gasteiger partial charge on any atom is 0.266 e. The number of hydrogen-bond donors (Lipinski definition) is 2. The van der Waals surface area contributed by atoms with Gasteiger partial charge in [0.15, 0.2) is 0 Å². The molecule has 0 aliphatic heterocycles. The van der Waals surface area contributed by atoms with Crippen molar-refractivity contribution in [3.8, 4) is 11.3 Å². The number of aromatic nitrogens is 3. The fraction of sp³-hybridized carbons (Fsp3) is 0.238. The van der Waals surface area contributed by atoms with Gasteiger partial charge in [0.2, 0.25) is 15.9 Å². The Morgan fingerprint density at radius 1 is 1.10 bits per heavy atom. The predicted molar refractivity (Wildman–Crippen MR) is 117 cm³/mol. The zero-order valence-electron chi connectivity index (χ0n) is 17.0. The van der Waals surface area contributed by atoms with Gasteiger partial charge >= 0.3 is 0 Å². The van der Waals surface area contributed by atoms with Gasteiger partial charge in [0.1, 0.15) is 0 Å². The van der Waals surface area contributed by atoms with E-state index in [1.54, 1.807) is 24.5 Å². The minimum atomic E-state index is -3.78. The van der Waals surface area contributed by atoms with E-state index >= 15 is 0 Å². The lowest BCUT2D eigenvalue weighted by Gasteiger charge is -2.10. The number of carbonyl (C=O) groups excluding carboxylic acids is 1. The molecule has 0 radical (unpaired) electrons. The Bertz CT molecular complexity index is 1190. The van der Waals surface area contributed by atoms with Crippen molar-refractivity contribution in [3.63, 3.8) is 0 Å². The number of pyridine rings is 1. The summed E-state index contributed by atoms with van der Waals surface area (Å²) >= 11 is 0. The van der Waals surface area contributed by atoms with E-state index in [0.29, 0.717) is 17.8 Å². The van der Waals surface area contributed by atoms with Crippen LogP contribution in [0.2, 0.25) is 0 Å². The fourth-order valence-electron chi connectivity index (χ4n) is 2.81. The van der Waals surface area contributed by atoms with Crippen molar-refractivity contribution in [3.05, 3.63) is 71.3 Å². The van der Waals surface area contributed by atoms with Crippen molar-refractivity contribution < 1.29 is 13.2 Å². The average molecular weight is 442 g/mol. The summed E-state index contributed by atoms with van der Waals surface area (Å²) in [6.07, 6.45) is 4.40. The topological polar surface area (TPSA) is 123 Å². The zero-order chi connectivity index (χ0) is 22.3. The second-order valence-electron chi connectivity index (χ2n) is 6.74. The lowest BCUT2D eigenvalue weighted by Crippen LogP contribution is -2.32. The first kappa shape index (κ1) is 22.3. The molecule has 0 saturated heterocycles. The van der Waals surface area contributed by atoms with Gasteiger partial charge in [0, 0.05) is 42.7 Å². The molecule has 1 amide bonds. The number of anilines is 1. The van der Waals surface area contributed by atoms with E-state index < -0.39 is 10.0 Å². The summed E-state index contributed by atoms with van der Waals surface area (Å²) in [5.41, 5.74) is 1.51. The summed E-state index contributed by atoms with van der Waals surface area (Å²) < 4.78 is 28.7. The number of carbonyl (C=O) groups is 1. The van der Waals surface area contributed by atoms with Crippen LogP contribution in [-0.2, 0) is 21.4 Å². The normalized spacial score (nSPS) is 11.3. The maximum absolute atomic E-state index is 12.5. The molecule has 3 rings (SSSR count). The fourth-order valence-corrected chi connectivity index (χ4v) is 3.84. The molecule has 9 nitrogen and oxygen atoms in total. The van der Waals surface area contributed by atoms with Gasteiger partial charge in [-0.2, -0.15) is 5.10 Å². The molecule has 2 N–H and O–H groups in total. The summed E-state index contributed by atoms with van der Waals surface area (Å²) in [4.78, 5) is 27.8. The van der Waals surface area contributed by atoms with Crippen LogP contribution in [0.3, 0.4) is 0 Å². The van der Waals surface area contributed by atoms with Crippen LogP contribution >= 0.6 is 0 Å². The Kier molecular flexibility index (Phi) is 7.27. The molecule has 0 saturated carbocycles. The number of amides is 1. The highest BCUT2D eigenvalue weighted by atomic mass is 32.2. The number of nitrogens with zero attached hydrogens (tertiary/aromatic N) is 3. The highest BCUT2D eigenvalue weighted by Gasteiger charge is 2.14. The first-order chi connectivity index (χ1) is 14.9. The lowest BCUT2D eigenvalue weighted by molar-refractivity contribution is -0.116. The molecule has 162 valence electrons. The van der Waals surface area contributed by atoms with Crippen LogP contribution in [0.25, 0.3) is 11.3 Å². The third-order valence-corrected chi connectivity index (χ3v) is 5.84. The minimum Gasteiger partial charge on any atom is -0.326 e. The summed E-state index contributed by atoms with van der Waals surface area (Å²) in [7, 11) is -3.78. The van der Waals surface area contributed by atoms with Gasteiger partial charge in [0.05, 0.1) is 17.1 Å². The van der Waals surface area contributed by atoms with E-state index in [4.69, 9.17) is 0 Å². The molecule has 2 aromatic heterocycles. The van der Waals surface area contributed by atoms with Crippen LogP contribution in [0.5, 0.6) is 0 Å². The third-order valence-electron chi connectivity index (χ3n) is 4.37. The Labute approximate surface area is 180 Å². The SMILES string of the molecule is CCCC(=O)Nc1ccc(S(=O)(=O)NCCn2nc(-c3cccnc3)ccc2=O)cc1. The van der Waals surface area contributed by atoms with Gasteiger partial charge in [-0.25, -0.2) is 17.8 Å². The van der Waals surface area contributed by atoms with E-state index in [-0.39, 0.29) is 29.5 Å². The number of rotatable bonds is 9. The van der Waals surface area contributed by atoms with Crippen molar-refractivity contribution in [2.45, 2.75) is 31.2 Å². The highest BCUT2D eigenvalue weighted by Crippen LogP contribution is 2.15. The van der Waals surface area contributed by atoms with Crippen molar-refractivity contribution >= 4 is 21.6 Å². The van der Waals surface area contributed by atoms with Crippen molar-refractivity contribution in [2.75, 3.05) is 11.9 Å². The molecule has 0 bridgehead atoms. The van der Waals surface area contributed by atoms with Crippen LogP contribution in [0.15, 0.2) is 70.6 Å². The predicted octanol–water partition coefficient (Wildman–Crippen LogP) is 2.02. The zero-order valence-corrected chi connectivity index (χ0v) is 17.8. The minimum absolute atomic E-state index is 0.0132. The maximum atomic E-state index is 12.5. The largest absolute Gasteiger partial charge is 0.326 e. The molecule has 0 fully saturated rings. The van der Waals surface area contributed by atoms with Crippen LogP contribution in [0.4, 0.5) is 5.69 Å². The summed E-state index contributed by atoms with van der Waals surface area (Å²) in [5, 5.41) is 6.98. The second kappa shape index (κ2) is 10.1. The second-order valence-corrected chi connectivity index (χ2v) is 8.51. The molecule has 2 heterocycles. The van der Waals surface area contributed by atoms with Crippen LogP contribution in [0, 0.1) is 0 Å². The van der Waals surface area contributed by atoms with E-state index in [2.05, 4.69) is 20.1 Å². The van der Waals surface area contributed by atoms with E-state index in [1.807, 2.05) is 13.0 Å². The first-order valence-corrected chi connectivity index (χ1v) is 11.3. The molecule has 0 aliphatic carbocycles. The van der Waals surface area contributed by atoms with Gasteiger partial charge in [-0.15, -0.1) is 0 Å². The molecule has 10 heteroatoms. The molecule has 0 spiro atoms. The Morgan fingerprint density at radius 3 is 2.55 bits per heavy atom. The van der Waals surface area contributed by atoms with Crippen LogP contribution < -0.4 is 15.6 Å². The standard InChI is InChI=1S/C21H23N5O4S/c1-2-4-20(27)24-17-6-8-18(9-7-17)31(29,30)23-13-14-26-21(28)11-10-19(25-26)16-5-3-12-22-15-16/h3,5-12,15,23H,2,4,13-14H2,1H3,(H,24,27). The third kappa shape index (κ3) is 6.06. The summed E-state index contributed by atoms with van der Waals surface area (Å²) in [6, 6.07) is 12.5. The molecule has 0 aliphatic rings. The van der Waals surface area contributed by atoms with E-state index in [1.165, 1.54) is 35.0 Å². The number of hydrogen-bond acceptors (Lipinski definition) is 6. The summed E-state index contributed by atoms with van der Waals surface area (Å²) in [6.45, 7) is 1.96. The van der Waals surface area contributed by atoms with Gasteiger partial charge in [-0.1, -0.05) is 6.92 Å². The molecule has 0 unspecified atom stereocenters. The molecule has 3 aromatic rings. The number of sulfonamides is 1. The summed E-state index contributed by atoms with van der Waals surface area (Å²) in [5.74, 6) is -0.123. The van der Waals surface area contributed by atoms with Gasteiger partial charge < -0.3 is 5.32 Å². The van der Waals surface area contributed by atoms with Crippen molar-refractivity contribution in [2.24, 2.45) is 0 Å². The molecule has 1 aromatic carbocycles. The molecular formula is C21H23N5O4S. The van der Waals surface area contributed by atoms with Crippen LogP contribution in [-0.4, -0.2) is 35.6 Å². The van der Waals surface area contributed by atoms with Crippen LogP contribution in [0.1, 0.15) is 19.8 Å². The van der Waals surface area contributed by atoms with E-state index in [0.717, 1.165) is 12.0 Å². The molecule has 31 heavy (non-hydrogen) atoms. The Morgan fingerprint density at radius 2 is 1.87 bits per heavy atom. The monoisotopic (exact) mass is 441 g/mol. The quantitative estimate of drug-likeness (QED) is 0.524. The smallest absolute Gasteiger partial charge is 0.266 e. The average Bonchev–Trinajstić information content (AvgIpc) is 2.76. The van der Waals surface area contributed by atoms with E-state index in [9.17, 15) is 18.0 Å². The first-order valence-electron chi connectivity index (χ1n) is 9.77. The Hall–Kier alpha value is -3.37.